The zero-order valence-corrected chi connectivity index (χ0v) is 11.1. The Hall–Kier alpha value is -2.04. The molecule has 19 heavy (non-hydrogen) atoms. The molecule has 0 saturated carbocycles. The number of Topliss-reactive ketones (excluding diaryl/α,β-unsaturated/α-hetero) is 1. The largest absolute Gasteiger partial charge is 0.497 e. The second-order valence-electron chi connectivity index (χ2n) is 4.48. The van der Waals surface area contributed by atoms with Crippen LogP contribution in [0.3, 0.4) is 0 Å². The molecule has 0 radical (unpaired) electrons. The fourth-order valence-corrected chi connectivity index (χ4v) is 2.26. The molecule has 1 aliphatic heterocycles. The van der Waals surface area contributed by atoms with Crippen molar-refractivity contribution in [2.75, 3.05) is 14.2 Å². The van der Waals surface area contributed by atoms with E-state index in [9.17, 15) is 9.59 Å². The second-order valence-corrected chi connectivity index (χ2v) is 4.48. The number of hydrogen-bond donors (Lipinski definition) is 0. The zero-order valence-electron chi connectivity index (χ0n) is 11.1. The number of cyclic esters (lactones) is 1. The summed E-state index contributed by atoms with van der Waals surface area (Å²) in [5.41, 5.74) is 0.808. The molecule has 0 amide bonds. The van der Waals surface area contributed by atoms with E-state index < -0.39 is 6.10 Å². The number of rotatable bonds is 4. The Kier molecular flexibility index (Phi) is 3.74. The molecule has 102 valence electrons. The van der Waals surface area contributed by atoms with Crippen LogP contribution in [0.5, 0.6) is 11.5 Å². The van der Waals surface area contributed by atoms with Gasteiger partial charge in [-0.05, 0) is 24.6 Å². The Bertz CT molecular complexity index is 486. The van der Waals surface area contributed by atoms with Crippen LogP contribution in [0.1, 0.15) is 24.8 Å². The third-order valence-electron chi connectivity index (χ3n) is 3.21. The Morgan fingerprint density at radius 2 is 1.79 bits per heavy atom. The van der Waals surface area contributed by atoms with Crippen LogP contribution in [0.25, 0.3) is 0 Å². The fraction of sp³-hybridized carbons (Fsp3) is 0.429. The van der Waals surface area contributed by atoms with E-state index in [4.69, 9.17) is 14.2 Å². The number of carbonyl (C=O) groups is 2. The van der Waals surface area contributed by atoms with E-state index in [0.717, 1.165) is 5.56 Å². The van der Waals surface area contributed by atoms with Crippen LogP contribution in [-0.2, 0) is 14.3 Å². The van der Waals surface area contributed by atoms with Crippen molar-refractivity contribution in [3.05, 3.63) is 23.8 Å². The molecule has 1 fully saturated rings. The van der Waals surface area contributed by atoms with Gasteiger partial charge in [0.05, 0.1) is 20.6 Å². The van der Waals surface area contributed by atoms with Crippen molar-refractivity contribution >= 4 is 11.8 Å². The molecular weight excluding hydrogens is 248 g/mol. The number of hydrogen-bond acceptors (Lipinski definition) is 5. The molecule has 1 heterocycles. The maximum Gasteiger partial charge on any atom is 0.307 e. The number of ether oxygens (including phenoxy) is 3. The predicted octanol–water partition coefficient (Wildman–Crippen LogP) is 1.69. The van der Waals surface area contributed by atoms with Gasteiger partial charge >= 0.3 is 5.97 Å². The summed E-state index contributed by atoms with van der Waals surface area (Å²) in [6.45, 7) is 1.42. The van der Waals surface area contributed by atoms with Crippen molar-refractivity contribution in [1.82, 2.24) is 0 Å². The molecule has 0 unspecified atom stereocenters. The van der Waals surface area contributed by atoms with Crippen molar-refractivity contribution in [2.24, 2.45) is 0 Å². The van der Waals surface area contributed by atoms with Gasteiger partial charge in [-0.3, -0.25) is 9.59 Å². The van der Waals surface area contributed by atoms with Gasteiger partial charge in [0.2, 0.25) is 0 Å². The van der Waals surface area contributed by atoms with Gasteiger partial charge in [0.15, 0.2) is 11.9 Å². The van der Waals surface area contributed by atoms with Gasteiger partial charge in [-0.1, -0.05) is 0 Å². The van der Waals surface area contributed by atoms with Crippen LogP contribution in [0.15, 0.2) is 18.2 Å². The van der Waals surface area contributed by atoms with Crippen LogP contribution in [0.2, 0.25) is 0 Å². The lowest BCUT2D eigenvalue weighted by molar-refractivity contribution is -0.146. The van der Waals surface area contributed by atoms with E-state index in [1.165, 1.54) is 6.92 Å². The number of ketones is 1. The SMILES string of the molecule is COc1cc(OC)cc([C@H]2CC(=O)O[C@@H]2C(C)=O)c1. The van der Waals surface area contributed by atoms with Crippen molar-refractivity contribution in [2.45, 2.75) is 25.4 Å². The van der Waals surface area contributed by atoms with E-state index in [-0.39, 0.29) is 24.1 Å². The van der Waals surface area contributed by atoms with Gasteiger partial charge in [-0.2, -0.15) is 0 Å². The van der Waals surface area contributed by atoms with Gasteiger partial charge in [0, 0.05) is 12.0 Å². The summed E-state index contributed by atoms with van der Waals surface area (Å²) in [6.07, 6.45) is -0.523. The zero-order chi connectivity index (χ0) is 14.0. The average molecular weight is 264 g/mol. The van der Waals surface area contributed by atoms with Crippen molar-refractivity contribution < 1.29 is 23.8 Å². The number of methoxy groups -OCH3 is 2. The molecule has 5 nitrogen and oxygen atoms in total. The summed E-state index contributed by atoms with van der Waals surface area (Å²) in [5, 5.41) is 0. The third-order valence-corrected chi connectivity index (χ3v) is 3.21. The second kappa shape index (κ2) is 5.30. The molecule has 0 bridgehead atoms. The van der Waals surface area contributed by atoms with Gasteiger partial charge in [0.1, 0.15) is 11.5 Å². The van der Waals surface area contributed by atoms with Crippen LogP contribution < -0.4 is 9.47 Å². The van der Waals surface area contributed by atoms with Crippen molar-refractivity contribution in [3.63, 3.8) is 0 Å². The standard InChI is InChI=1S/C14H16O5/c1-8(15)14-12(7-13(16)19-14)9-4-10(17-2)6-11(5-9)18-3/h4-6,12,14H,7H2,1-3H3/t12-,14-/m1/s1. The summed E-state index contributed by atoms with van der Waals surface area (Å²) in [7, 11) is 3.11. The minimum absolute atomic E-state index is 0.155. The highest BCUT2D eigenvalue weighted by molar-refractivity contribution is 5.88. The summed E-state index contributed by atoms with van der Waals surface area (Å²) >= 11 is 0. The molecule has 5 heteroatoms. The third kappa shape index (κ3) is 2.70. The first-order valence-corrected chi connectivity index (χ1v) is 5.98. The molecule has 1 aliphatic rings. The summed E-state index contributed by atoms with van der Waals surface area (Å²) < 4.78 is 15.4. The Morgan fingerprint density at radius 3 is 2.26 bits per heavy atom. The van der Waals surface area contributed by atoms with Crippen molar-refractivity contribution in [1.29, 1.82) is 0 Å². The minimum Gasteiger partial charge on any atom is -0.497 e. The summed E-state index contributed by atoms with van der Waals surface area (Å²) in [6, 6.07) is 5.33. The Morgan fingerprint density at radius 1 is 1.21 bits per heavy atom. The summed E-state index contributed by atoms with van der Waals surface area (Å²) in [4.78, 5) is 23.0. The van der Waals surface area contributed by atoms with Gasteiger partial charge < -0.3 is 14.2 Å². The Labute approximate surface area is 111 Å². The fourth-order valence-electron chi connectivity index (χ4n) is 2.26. The molecule has 0 N–H and O–H groups in total. The monoisotopic (exact) mass is 264 g/mol. The molecule has 1 aromatic rings. The van der Waals surface area contributed by atoms with E-state index in [1.54, 1.807) is 32.4 Å². The number of esters is 1. The van der Waals surface area contributed by atoms with Crippen molar-refractivity contribution in [3.8, 4) is 11.5 Å². The normalized spacial score (nSPS) is 21.9. The first-order chi connectivity index (χ1) is 9.05. The number of benzene rings is 1. The van der Waals surface area contributed by atoms with Crippen LogP contribution in [-0.4, -0.2) is 32.1 Å². The van der Waals surface area contributed by atoms with E-state index in [1.807, 2.05) is 0 Å². The quantitative estimate of drug-likeness (QED) is 0.774. The molecule has 0 aliphatic carbocycles. The first kappa shape index (κ1) is 13.4. The highest BCUT2D eigenvalue weighted by Gasteiger charge is 2.39. The number of carbonyl (C=O) groups excluding carboxylic acids is 2. The average Bonchev–Trinajstić information content (AvgIpc) is 2.80. The van der Waals surface area contributed by atoms with Gasteiger partial charge in [0.25, 0.3) is 0 Å². The van der Waals surface area contributed by atoms with E-state index in [0.29, 0.717) is 11.5 Å². The molecule has 1 aromatic carbocycles. The molecule has 1 saturated heterocycles. The lowest BCUT2D eigenvalue weighted by Gasteiger charge is -2.16. The minimum atomic E-state index is -0.718. The molecule has 2 rings (SSSR count). The smallest absolute Gasteiger partial charge is 0.307 e. The lowest BCUT2D eigenvalue weighted by Crippen LogP contribution is -2.23. The molecular formula is C14H16O5. The van der Waals surface area contributed by atoms with Gasteiger partial charge in [-0.15, -0.1) is 0 Å². The molecule has 0 spiro atoms. The summed E-state index contributed by atoms with van der Waals surface area (Å²) in [5.74, 6) is 0.450. The highest BCUT2D eigenvalue weighted by atomic mass is 16.6. The van der Waals surface area contributed by atoms with Crippen LogP contribution in [0.4, 0.5) is 0 Å². The van der Waals surface area contributed by atoms with Crippen LogP contribution >= 0.6 is 0 Å². The topological polar surface area (TPSA) is 61.8 Å². The van der Waals surface area contributed by atoms with Gasteiger partial charge in [-0.25, -0.2) is 0 Å². The van der Waals surface area contributed by atoms with Crippen LogP contribution in [0, 0.1) is 0 Å². The molecule has 2 atom stereocenters. The lowest BCUT2D eigenvalue weighted by atomic mass is 9.90. The Balaban J connectivity index is 2.39. The predicted molar refractivity (Wildman–Crippen MR) is 67.5 cm³/mol. The maximum atomic E-state index is 11.5. The first-order valence-electron chi connectivity index (χ1n) is 5.98. The van der Waals surface area contributed by atoms with E-state index in [2.05, 4.69) is 0 Å². The maximum absolute atomic E-state index is 11.5. The molecule has 0 aromatic heterocycles. The van der Waals surface area contributed by atoms with E-state index >= 15 is 0 Å². The highest BCUT2D eigenvalue weighted by Crippen LogP contribution is 2.36.